The maximum atomic E-state index is 9.05. The normalized spacial score (nSPS) is 29.6. The molecule has 1 saturated carbocycles. The summed E-state index contributed by atoms with van der Waals surface area (Å²) >= 11 is 0. The molecule has 1 aromatic carbocycles. The average Bonchev–Trinajstić information content (AvgIpc) is 3.01. The van der Waals surface area contributed by atoms with Crippen LogP contribution in [0, 0.1) is 17.2 Å². The molecule has 0 amide bonds. The Kier molecular flexibility index (Phi) is 3.21. The van der Waals surface area contributed by atoms with Gasteiger partial charge in [-0.15, -0.1) is 0 Å². The van der Waals surface area contributed by atoms with Crippen LogP contribution in [0.25, 0.3) is 0 Å². The third-order valence-corrected chi connectivity index (χ3v) is 4.00. The first kappa shape index (κ1) is 11.6. The molecule has 94 valence electrons. The molecule has 1 aliphatic carbocycles. The first-order valence-corrected chi connectivity index (χ1v) is 6.74. The van der Waals surface area contributed by atoms with E-state index in [9.17, 15) is 0 Å². The van der Waals surface area contributed by atoms with Gasteiger partial charge in [-0.05, 0) is 24.5 Å². The molecule has 2 aliphatic rings. The van der Waals surface area contributed by atoms with E-state index in [1.54, 1.807) is 0 Å². The van der Waals surface area contributed by atoms with Crippen molar-refractivity contribution >= 4 is 0 Å². The monoisotopic (exact) mass is 242 g/mol. The zero-order valence-electron chi connectivity index (χ0n) is 10.4. The van der Waals surface area contributed by atoms with Gasteiger partial charge in [0.05, 0.1) is 12.0 Å². The van der Waals surface area contributed by atoms with Crippen molar-refractivity contribution < 1.29 is 4.74 Å². The van der Waals surface area contributed by atoms with Crippen LogP contribution in [0.4, 0.5) is 0 Å². The van der Waals surface area contributed by atoms with Crippen LogP contribution in [-0.2, 0) is 6.42 Å². The second kappa shape index (κ2) is 4.99. The maximum absolute atomic E-state index is 9.05. The van der Waals surface area contributed by atoms with Gasteiger partial charge in [-0.2, -0.15) is 5.26 Å². The van der Waals surface area contributed by atoms with E-state index in [2.05, 4.69) is 23.5 Å². The number of fused-ring (bicyclic) bond motifs is 1. The Bertz CT molecular complexity index is 441. The van der Waals surface area contributed by atoms with Crippen LogP contribution in [0.15, 0.2) is 24.3 Å². The van der Waals surface area contributed by atoms with Crippen LogP contribution >= 0.6 is 0 Å². The van der Waals surface area contributed by atoms with Gasteiger partial charge in [0, 0.05) is 19.0 Å². The Morgan fingerprint density at radius 1 is 1.33 bits per heavy atom. The summed E-state index contributed by atoms with van der Waals surface area (Å²) in [7, 11) is 0. The fourth-order valence-electron chi connectivity index (χ4n) is 3.01. The smallest absolute Gasteiger partial charge is 0.123 e. The van der Waals surface area contributed by atoms with Crippen molar-refractivity contribution in [2.24, 2.45) is 5.92 Å². The van der Waals surface area contributed by atoms with Crippen LogP contribution in [-0.4, -0.2) is 18.7 Å². The minimum atomic E-state index is 0.189. The first-order chi connectivity index (χ1) is 8.86. The summed E-state index contributed by atoms with van der Waals surface area (Å²) in [5.41, 5.74) is 1.30. The van der Waals surface area contributed by atoms with Crippen molar-refractivity contribution in [1.82, 2.24) is 5.32 Å². The molecule has 0 aromatic heterocycles. The van der Waals surface area contributed by atoms with Crippen molar-refractivity contribution in [3.8, 4) is 11.8 Å². The van der Waals surface area contributed by atoms with Gasteiger partial charge < -0.3 is 10.1 Å². The number of hydrogen-bond acceptors (Lipinski definition) is 3. The van der Waals surface area contributed by atoms with E-state index < -0.39 is 0 Å². The van der Waals surface area contributed by atoms with E-state index in [0.717, 1.165) is 31.6 Å². The molecule has 3 nitrogen and oxygen atoms in total. The number of para-hydroxylation sites is 1. The minimum Gasteiger partial charge on any atom is -0.488 e. The Morgan fingerprint density at radius 3 is 3.06 bits per heavy atom. The molecule has 0 bridgehead atoms. The highest BCUT2D eigenvalue weighted by atomic mass is 16.5. The van der Waals surface area contributed by atoms with E-state index in [1.807, 2.05) is 12.1 Å². The molecular formula is C15H18N2O. The molecule has 0 saturated heterocycles. The molecule has 3 heteroatoms. The van der Waals surface area contributed by atoms with Gasteiger partial charge in [-0.1, -0.05) is 24.6 Å². The minimum absolute atomic E-state index is 0.189. The van der Waals surface area contributed by atoms with Crippen LogP contribution in [0.3, 0.4) is 0 Å². The van der Waals surface area contributed by atoms with Crippen LogP contribution in [0.1, 0.15) is 24.8 Å². The van der Waals surface area contributed by atoms with E-state index in [4.69, 9.17) is 10.00 Å². The van der Waals surface area contributed by atoms with Crippen LogP contribution < -0.4 is 10.1 Å². The van der Waals surface area contributed by atoms with E-state index in [1.165, 1.54) is 12.0 Å². The summed E-state index contributed by atoms with van der Waals surface area (Å²) in [6.07, 6.45) is 4.54. The third kappa shape index (κ3) is 2.21. The van der Waals surface area contributed by atoms with Crippen molar-refractivity contribution in [3.05, 3.63) is 29.8 Å². The lowest BCUT2D eigenvalue weighted by atomic mass is 10.1. The van der Waals surface area contributed by atoms with Crippen molar-refractivity contribution in [2.75, 3.05) is 6.54 Å². The zero-order chi connectivity index (χ0) is 12.4. The quantitative estimate of drug-likeness (QED) is 0.884. The summed E-state index contributed by atoms with van der Waals surface area (Å²) in [5, 5.41) is 12.6. The molecule has 0 spiro atoms. The van der Waals surface area contributed by atoms with Gasteiger partial charge in [0.1, 0.15) is 11.9 Å². The molecule has 1 aliphatic heterocycles. The largest absolute Gasteiger partial charge is 0.488 e. The molecule has 1 heterocycles. The average molecular weight is 242 g/mol. The maximum Gasteiger partial charge on any atom is 0.123 e. The number of benzene rings is 1. The number of hydrogen-bond donors (Lipinski definition) is 1. The third-order valence-electron chi connectivity index (χ3n) is 4.00. The lowest BCUT2D eigenvalue weighted by Crippen LogP contribution is -2.39. The summed E-state index contributed by atoms with van der Waals surface area (Å²) < 4.78 is 5.89. The van der Waals surface area contributed by atoms with E-state index in [-0.39, 0.29) is 12.0 Å². The predicted molar refractivity (Wildman–Crippen MR) is 69.3 cm³/mol. The number of nitrogens with zero attached hydrogens (tertiary/aromatic N) is 1. The van der Waals surface area contributed by atoms with Crippen molar-refractivity contribution in [3.63, 3.8) is 0 Å². The van der Waals surface area contributed by atoms with Gasteiger partial charge in [0.2, 0.25) is 0 Å². The summed E-state index contributed by atoms with van der Waals surface area (Å²) in [6.45, 7) is 0.845. The molecule has 3 atom stereocenters. The molecular weight excluding hydrogens is 224 g/mol. The molecule has 3 rings (SSSR count). The summed E-state index contributed by atoms with van der Waals surface area (Å²) in [6, 6.07) is 11.0. The lowest BCUT2D eigenvalue weighted by molar-refractivity contribution is 0.218. The zero-order valence-corrected chi connectivity index (χ0v) is 10.4. The van der Waals surface area contributed by atoms with Gasteiger partial charge in [0.15, 0.2) is 0 Å². The van der Waals surface area contributed by atoms with E-state index in [0.29, 0.717) is 6.04 Å². The molecule has 3 unspecified atom stereocenters. The van der Waals surface area contributed by atoms with Gasteiger partial charge in [-0.25, -0.2) is 0 Å². The Hall–Kier alpha value is -1.53. The van der Waals surface area contributed by atoms with Gasteiger partial charge in [-0.3, -0.25) is 0 Å². The Labute approximate surface area is 108 Å². The fourth-order valence-corrected chi connectivity index (χ4v) is 3.01. The molecule has 1 N–H and O–H groups in total. The second-order valence-electron chi connectivity index (χ2n) is 5.23. The summed E-state index contributed by atoms with van der Waals surface area (Å²) in [5.74, 6) is 1.21. The molecule has 0 radical (unpaired) electrons. The highest BCUT2D eigenvalue weighted by Gasteiger charge is 2.29. The standard InChI is InChI=1S/C15H18N2O/c16-9-12-5-3-6-14(12)17-10-13-8-11-4-1-2-7-15(11)18-13/h1-2,4,7,12-14,17H,3,5-6,8,10H2. The molecule has 1 fully saturated rings. The number of rotatable bonds is 3. The Morgan fingerprint density at radius 2 is 2.22 bits per heavy atom. The second-order valence-corrected chi connectivity index (χ2v) is 5.23. The van der Waals surface area contributed by atoms with Gasteiger partial charge >= 0.3 is 0 Å². The van der Waals surface area contributed by atoms with Crippen molar-refractivity contribution in [1.29, 1.82) is 5.26 Å². The molecule has 1 aromatic rings. The van der Waals surface area contributed by atoms with E-state index >= 15 is 0 Å². The number of nitriles is 1. The SMILES string of the molecule is N#CC1CCCC1NCC1Cc2ccccc2O1. The predicted octanol–water partition coefficient (Wildman–Crippen LogP) is 2.27. The van der Waals surface area contributed by atoms with Gasteiger partial charge in [0.25, 0.3) is 0 Å². The highest BCUT2D eigenvalue weighted by Crippen LogP contribution is 2.29. The van der Waals surface area contributed by atoms with Crippen molar-refractivity contribution in [2.45, 2.75) is 37.8 Å². The number of nitrogens with one attached hydrogen (secondary N) is 1. The number of ether oxygens (including phenoxy) is 1. The summed E-state index contributed by atoms with van der Waals surface area (Å²) in [4.78, 5) is 0. The fraction of sp³-hybridized carbons (Fsp3) is 0.533. The molecule has 18 heavy (non-hydrogen) atoms. The topological polar surface area (TPSA) is 45.0 Å². The highest BCUT2D eigenvalue weighted by molar-refractivity contribution is 5.37. The lowest BCUT2D eigenvalue weighted by Gasteiger charge is -2.18. The first-order valence-electron chi connectivity index (χ1n) is 6.74. The van der Waals surface area contributed by atoms with Crippen LogP contribution in [0.2, 0.25) is 0 Å². The van der Waals surface area contributed by atoms with Crippen LogP contribution in [0.5, 0.6) is 5.75 Å². The Balaban J connectivity index is 1.53.